The van der Waals surface area contributed by atoms with E-state index >= 15 is 0 Å². The van der Waals surface area contributed by atoms with E-state index in [1.807, 2.05) is 42.5 Å². The van der Waals surface area contributed by atoms with Gasteiger partial charge in [0.1, 0.15) is 5.75 Å². The van der Waals surface area contributed by atoms with Crippen LogP contribution < -0.4 is 19.9 Å². The third kappa shape index (κ3) is 5.01. The van der Waals surface area contributed by atoms with Gasteiger partial charge in [0.2, 0.25) is 0 Å². The Morgan fingerprint density at radius 3 is 2.26 bits per heavy atom. The first-order valence-electron chi connectivity index (χ1n) is 10.5. The van der Waals surface area contributed by atoms with Crippen LogP contribution in [-0.4, -0.2) is 39.2 Å². The smallest absolute Gasteiger partial charge is 0.287 e. The molecule has 31 heavy (non-hydrogen) atoms. The van der Waals surface area contributed by atoms with Crippen LogP contribution in [0.4, 0.5) is 11.4 Å². The lowest BCUT2D eigenvalue weighted by Gasteiger charge is -2.37. The SMILES string of the molecule is COc1ccc(NC(=O)[C@H](c2ccccc2)[NH+]2CCN(c3ccccc3)CC2)cc1Cl. The van der Waals surface area contributed by atoms with Gasteiger partial charge in [-0.2, -0.15) is 0 Å². The number of para-hydroxylation sites is 1. The van der Waals surface area contributed by atoms with Gasteiger partial charge in [0.15, 0.2) is 6.04 Å². The number of methoxy groups -OCH3 is 1. The van der Waals surface area contributed by atoms with Crippen LogP contribution in [0.5, 0.6) is 5.75 Å². The van der Waals surface area contributed by atoms with E-state index in [0.717, 1.165) is 31.7 Å². The minimum Gasteiger partial charge on any atom is -0.495 e. The van der Waals surface area contributed by atoms with Crippen molar-refractivity contribution in [3.05, 3.63) is 89.4 Å². The minimum atomic E-state index is -0.292. The number of carbonyl (C=O) groups is 1. The average molecular weight is 437 g/mol. The third-order valence-electron chi connectivity index (χ3n) is 5.75. The van der Waals surface area contributed by atoms with E-state index in [1.165, 1.54) is 10.6 Å². The lowest BCUT2D eigenvalue weighted by Crippen LogP contribution is -3.16. The van der Waals surface area contributed by atoms with Crippen molar-refractivity contribution in [2.45, 2.75) is 6.04 Å². The molecule has 1 aliphatic rings. The van der Waals surface area contributed by atoms with Gasteiger partial charge in [0.05, 0.1) is 38.3 Å². The summed E-state index contributed by atoms with van der Waals surface area (Å²) in [7, 11) is 1.57. The maximum absolute atomic E-state index is 13.4. The number of quaternary nitrogens is 1. The van der Waals surface area contributed by atoms with E-state index in [9.17, 15) is 4.79 Å². The van der Waals surface area contributed by atoms with Gasteiger partial charge in [-0.3, -0.25) is 4.79 Å². The normalized spacial score (nSPS) is 15.4. The highest BCUT2D eigenvalue weighted by molar-refractivity contribution is 6.32. The lowest BCUT2D eigenvalue weighted by molar-refractivity contribution is -0.922. The molecule has 0 saturated carbocycles. The van der Waals surface area contributed by atoms with Gasteiger partial charge in [0, 0.05) is 16.9 Å². The van der Waals surface area contributed by atoms with Gasteiger partial charge in [0.25, 0.3) is 5.91 Å². The number of hydrogen-bond acceptors (Lipinski definition) is 3. The number of benzene rings is 3. The highest BCUT2D eigenvalue weighted by Crippen LogP contribution is 2.27. The molecule has 0 bridgehead atoms. The van der Waals surface area contributed by atoms with Crippen LogP contribution in [0.2, 0.25) is 5.02 Å². The molecule has 0 spiro atoms. The number of amides is 1. The summed E-state index contributed by atoms with van der Waals surface area (Å²) in [6, 6.07) is 25.5. The molecule has 3 aromatic rings. The molecule has 160 valence electrons. The van der Waals surface area contributed by atoms with Crippen molar-refractivity contribution in [3.63, 3.8) is 0 Å². The molecule has 1 amide bonds. The highest BCUT2D eigenvalue weighted by Gasteiger charge is 2.34. The van der Waals surface area contributed by atoms with E-state index < -0.39 is 0 Å². The number of nitrogens with one attached hydrogen (secondary N) is 2. The second-order valence-corrected chi connectivity index (χ2v) is 8.07. The zero-order chi connectivity index (χ0) is 21.6. The van der Waals surface area contributed by atoms with Crippen LogP contribution in [0, 0.1) is 0 Å². The molecule has 1 fully saturated rings. The van der Waals surface area contributed by atoms with Crippen LogP contribution >= 0.6 is 11.6 Å². The van der Waals surface area contributed by atoms with E-state index in [0.29, 0.717) is 16.5 Å². The Morgan fingerprint density at radius 2 is 1.65 bits per heavy atom. The van der Waals surface area contributed by atoms with Gasteiger partial charge < -0.3 is 19.9 Å². The molecule has 0 aromatic heterocycles. The molecule has 0 unspecified atom stereocenters. The largest absolute Gasteiger partial charge is 0.495 e. The summed E-state index contributed by atoms with van der Waals surface area (Å²) in [5.74, 6) is 0.553. The Labute approximate surface area is 188 Å². The van der Waals surface area contributed by atoms with Gasteiger partial charge >= 0.3 is 0 Å². The summed E-state index contributed by atoms with van der Waals surface area (Å²) >= 11 is 6.25. The second-order valence-electron chi connectivity index (χ2n) is 7.66. The summed E-state index contributed by atoms with van der Waals surface area (Å²) in [6.45, 7) is 3.57. The second kappa shape index (κ2) is 9.86. The Hall–Kier alpha value is -3.02. The van der Waals surface area contributed by atoms with Crippen LogP contribution in [0.3, 0.4) is 0 Å². The molecule has 2 N–H and O–H groups in total. The van der Waals surface area contributed by atoms with Crippen LogP contribution in [0.1, 0.15) is 11.6 Å². The monoisotopic (exact) mass is 436 g/mol. The molecular formula is C25H27ClN3O2+. The van der Waals surface area contributed by atoms with Crippen molar-refractivity contribution in [1.82, 2.24) is 0 Å². The van der Waals surface area contributed by atoms with Crippen molar-refractivity contribution in [2.75, 3.05) is 43.5 Å². The van der Waals surface area contributed by atoms with E-state index in [-0.39, 0.29) is 11.9 Å². The van der Waals surface area contributed by atoms with Crippen molar-refractivity contribution < 1.29 is 14.4 Å². The maximum Gasteiger partial charge on any atom is 0.287 e. The molecule has 1 saturated heterocycles. The molecule has 3 aromatic carbocycles. The van der Waals surface area contributed by atoms with Gasteiger partial charge in [-0.25, -0.2) is 0 Å². The van der Waals surface area contributed by atoms with Crippen molar-refractivity contribution in [2.24, 2.45) is 0 Å². The highest BCUT2D eigenvalue weighted by atomic mass is 35.5. The zero-order valence-corrected chi connectivity index (χ0v) is 18.3. The van der Waals surface area contributed by atoms with Crippen molar-refractivity contribution in [1.29, 1.82) is 0 Å². The standard InChI is InChI=1S/C25H26ClN3O2/c1-31-23-13-12-20(18-22(23)26)27-25(30)24(19-8-4-2-5-9-19)29-16-14-28(15-17-29)21-10-6-3-7-11-21/h2-13,18,24H,14-17H2,1H3,(H,27,30)/p+1/t24-/m0/s1. The molecule has 1 atom stereocenters. The molecule has 1 aliphatic heterocycles. The molecule has 1 heterocycles. The minimum absolute atomic E-state index is 0.0319. The van der Waals surface area contributed by atoms with Crippen molar-refractivity contribution in [3.8, 4) is 5.75 Å². The number of nitrogens with zero attached hydrogens (tertiary/aromatic N) is 1. The van der Waals surface area contributed by atoms with Gasteiger partial charge in [-0.15, -0.1) is 0 Å². The topological polar surface area (TPSA) is 46.0 Å². The molecule has 4 rings (SSSR count). The van der Waals surface area contributed by atoms with Crippen LogP contribution in [0.25, 0.3) is 0 Å². The maximum atomic E-state index is 13.4. The molecule has 0 radical (unpaired) electrons. The lowest BCUT2D eigenvalue weighted by atomic mass is 10.0. The zero-order valence-electron chi connectivity index (χ0n) is 17.6. The van der Waals surface area contributed by atoms with E-state index in [2.05, 4.69) is 34.5 Å². The Morgan fingerprint density at radius 1 is 1.00 bits per heavy atom. The fourth-order valence-electron chi connectivity index (χ4n) is 4.16. The summed E-state index contributed by atoms with van der Waals surface area (Å²) in [4.78, 5) is 17.1. The predicted molar refractivity (Wildman–Crippen MR) is 125 cm³/mol. The van der Waals surface area contributed by atoms with Gasteiger partial charge in [-0.1, -0.05) is 60.1 Å². The van der Waals surface area contributed by atoms with E-state index in [1.54, 1.807) is 19.2 Å². The van der Waals surface area contributed by atoms with Crippen molar-refractivity contribution >= 4 is 28.9 Å². The fourth-order valence-corrected chi connectivity index (χ4v) is 4.41. The number of hydrogen-bond donors (Lipinski definition) is 2. The summed E-state index contributed by atoms with van der Waals surface area (Å²) in [6.07, 6.45) is 0. The fraction of sp³-hybridized carbons (Fsp3) is 0.240. The number of carbonyl (C=O) groups excluding carboxylic acids is 1. The first-order chi connectivity index (χ1) is 15.2. The molecule has 0 aliphatic carbocycles. The first kappa shape index (κ1) is 21.2. The summed E-state index contributed by atoms with van der Waals surface area (Å²) in [5.41, 5.74) is 2.91. The predicted octanol–water partition coefficient (Wildman–Crippen LogP) is 3.43. The Balaban J connectivity index is 1.51. The third-order valence-corrected chi connectivity index (χ3v) is 6.05. The molecule has 6 heteroatoms. The summed E-state index contributed by atoms with van der Waals surface area (Å²) < 4.78 is 5.21. The number of rotatable bonds is 6. The summed E-state index contributed by atoms with van der Waals surface area (Å²) in [5, 5.41) is 3.53. The Bertz CT molecular complexity index is 1010. The number of piperazine rings is 1. The molecule has 5 nitrogen and oxygen atoms in total. The van der Waals surface area contributed by atoms with Crippen LogP contribution in [-0.2, 0) is 4.79 Å². The number of ether oxygens (including phenoxy) is 1. The van der Waals surface area contributed by atoms with Gasteiger partial charge in [-0.05, 0) is 30.3 Å². The first-order valence-corrected chi connectivity index (χ1v) is 10.9. The number of halogens is 1. The Kier molecular flexibility index (Phi) is 6.75. The van der Waals surface area contributed by atoms with E-state index in [4.69, 9.17) is 16.3 Å². The quantitative estimate of drug-likeness (QED) is 0.622. The number of anilines is 2. The average Bonchev–Trinajstić information content (AvgIpc) is 2.81. The molecular weight excluding hydrogens is 410 g/mol. The van der Waals surface area contributed by atoms with Crippen LogP contribution in [0.15, 0.2) is 78.9 Å².